The van der Waals surface area contributed by atoms with E-state index in [0.717, 1.165) is 41.8 Å². The molecule has 0 saturated heterocycles. The number of aryl methyl sites for hydroxylation is 2. The molecule has 0 fully saturated rings. The van der Waals surface area contributed by atoms with Crippen LogP contribution in [0, 0.1) is 19.7 Å². The smallest absolute Gasteiger partial charge is 0.255 e. The van der Waals surface area contributed by atoms with E-state index in [4.69, 9.17) is 4.42 Å². The molecule has 1 amide bonds. The molecule has 0 radical (unpaired) electrons. The van der Waals surface area contributed by atoms with Crippen LogP contribution < -0.4 is 5.32 Å². The summed E-state index contributed by atoms with van der Waals surface area (Å²) in [5.41, 5.74) is 3.72. The van der Waals surface area contributed by atoms with E-state index in [2.05, 4.69) is 34.8 Å². The molecule has 7 heteroatoms. The van der Waals surface area contributed by atoms with E-state index >= 15 is 0 Å². The van der Waals surface area contributed by atoms with E-state index < -0.39 is 0 Å². The zero-order valence-corrected chi connectivity index (χ0v) is 19.9. The van der Waals surface area contributed by atoms with Gasteiger partial charge in [0.2, 0.25) is 0 Å². The normalized spacial score (nSPS) is 11.0. The van der Waals surface area contributed by atoms with Gasteiger partial charge in [-0.25, -0.2) is 4.39 Å². The van der Waals surface area contributed by atoms with Crippen LogP contribution in [0.25, 0.3) is 11.0 Å². The first-order chi connectivity index (χ1) is 14.9. The minimum absolute atomic E-state index is 0. The SMILES string of the molecule is Cc1cc(F)ccc1C(=O)Nc1ccc2oc(C)c(CCN(C)Cc3cccs3)c2c1.Cl. The van der Waals surface area contributed by atoms with Crippen molar-refractivity contribution >= 4 is 46.3 Å². The fraction of sp³-hybridized carbons (Fsp3) is 0.240. The Hall–Kier alpha value is -2.67. The Morgan fingerprint density at radius 2 is 1.97 bits per heavy atom. The van der Waals surface area contributed by atoms with Gasteiger partial charge < -0.3 is 14.6 Å². The number of carbonyl (C=O) groups excluding carboxylic acids is 1. The second-order valence-corrected chi connectivity index (χ2v) is 8.86. The molecule has 0 spiro atoms. The number of anilines is 1. The lowest BCUT2D eigenvalue weighted by molar-refractivity contribution is 0.102. The second-order valence-electron chi connectivity index (χ2n) is 7.83. The number of halogens is 2. The number of benzene rings is 2. The van der Waals surface area contributed by atoms with Crippen molar-refractivity contribution in [2.75, 3.05) is 18.9 Å². The van der Waals surface area contributed by atoms with Gasteiger partial charge in [0.05, 0.1) is 0 Å². The Morgan fingerprint density at radius 3 is 2.69 bits per heavy atom. The van der Waals surface area contributed by atoms with E-state index in [-0.39, 0.29) is 24.1 Å². The number of nitrogens with one attached hydrogen (secondary N) is 1. The van der Waals surface area contributed by atoms with Crippen LogP contribution in [0.1, 0.15) is 32.1 Å². The van der Waals surface area contributed by atoms with Crippen LogP contribution in [0.3, 0.4) is 0 Å². The Kier molecular flexibility index (Phi) is 7.72. The van der Waals surface area contributed by atoms with Crippen molar-refractivity contribution in [3.05, 3.63) is 87.1 Å². The van der Waals surface area contributed by atoms with Gasteiger partial charge in [0.1, 0.15) is 17.2 Å². The van der Waals surface area contributed by atoms with E-state index in [0.29, 0.717) is 16.8 Å². The molecule has 4 nitrogen and oxygen atoms in total. The number of amides is 1. The molecule has 0 bridgehead atoms. The fourth-order valence-corrected chi connectivity index (χ4v) is 4.57. The Balaban J connectivity index is 0.00000289. The molecule has 0 aliphatic heterocycles. The Morgan fingerprint density at radius 1 is 1.16 bits per heavy atom. The summed E-state index contributed by atoms with van der Waals surface area (Å²) in [4.78, 5) is 16.3. The molecule has 0 aliphatic rings. The first kappa shape index (κ1) is 24.0. The molecule has 2 aromatic carbocycles. The summed E-state index contributed by atoms with van der Waals surface area (Å²) in [6, 6.07) is 14.1. The highest BCUT2D eigenvalue weighted by Gasteiger charge is 2.15. The fourth-order valence-electron chi connectivity index (χ4n) is 3.79. The second kappa shape index (κ2) is 10.3. The minimum atomic E-state index is -0.349. The van der Waals surface area contributed by atoms with Crippen molar-refractivity contribution in [1.29, 1.82) is 0 Å². The molecule has 4 rings (SSSR count). The number of fused-ring (bicyclic) bond motifs is 1. The molecule has 168 valence electrons. The van der Waals surface area contributed by atoms with Crippen LogP contribution in [0.4, 0.5) is 10.1 Å². The zero-order chi connectivity index (χ0) is 22.0. The number of hydrogen-bond donors (Lipinski definition) is 1. The number of furan rings is 1. The van der Waals surface area contributed by atoms with Crippen LogP contribution in [0.2, 0.25) is 0 Å². The zero-order valence-electron chi connectivity index (χ0n) is 18.3. The molecule has 0 atom stereocenters. The predicted octanol–water partition coefficient (Wildman–Crippen LogP) is 6.60. The monoisotopic (exact) mass is 472 g/mol. The van der Waals surface area contributed by atoms with Gasteiger partial charge in [-0.3, -0.25) is 4.79 Å². The predicted molar refractivity (Wildman–Crippen MR) is 132 cm³/mol. The van der Waals surface area contributed by atoms with Gasteiger partial charge in [-0.1, -0.05) is 6.07 Å². The number of rotatable bonds is 7. The van der Waals surface area contributed by atoms with Crippen LogP contribution in [0.15, 0.2) is 58.3 Å². The third-order valence-electron chi connectivity index (χ3n) is 5.43. The third-order valence-corrected chi connectivity index (χ3v) is 6.29. The highest BCUT2D eigenvalue weighted by atomic mass is 35.5. The van der Waals surface area contributed by atoms with E-state index in [9.17, 15) is 9.18 Å². The van der Waals surface area contributed by atoms with Crippen molar-refractivity contribution in [2.45, 2.75) is 26.8 Å². The average Bonchev–Trinajstić information content (AvgIpc) is 3.33. The summed E-state index contributed by atoms with van der Waals surface area (Å²) in [5.74, 6) is 0.296. The van der Waals surface area contributed by atoms with Gasteiger partial charge in [0.15, 0.2) is 0 Å². The van der Waals surface area contributed by atoms with Crippen molar-refractivity contribution in [3.8, 4) is 0 Å². The molecule has 0 unspecified atom stereocenters. The lowest BCUT2D eigenvalue weighted by Gasteiger charge is -2.15. The van der Waals surface area contributed by atoms with E-state index in [1.54, 1.807) is 18.3 Å². The maximum absolute atomic E-state index is 13.3. The van der Waals surface area contributed by atoms with Crippen LogP contribution >= 0.6 is 23.7 Å². The summed E-state index contributed by atoms with van der Waals surface area (Å²) < 4.78 is 19.3. The molecule has 0 saturated carbocycles. The van der Waals surface area contributed by atoms with Gasteiger partial charge in [0.25, 0.3) is 5.91 Å². The average molecular weight is 473 g/mol. The minimum Gasteiger partial charge on any atom is -0.461 e. The maximum atomic E-state index is 13.3. The van der Waals surface area contributed by atoms with Gasteiger partial charge >= 0.3 is 0 Å². The van der Waals surface area contributed by atoms with Gasteiger partial charge in [-0.05, 0) is 80.7 Å². The van der Waals surface area contributed by atoms with Gasteiger partial charge in [-0.2, -0.15) is 0 Å². The number of nitrogens with zero attached hydrogens (tertiary/aromatic N) is 1. The van der Waals surface area contributed by atoms with E-state index in [1.165, 1.54) is 23.1 Å². The highest BCUT2D eigenvalue weighted by molar-refractivity contribution is 7.09. The largest absolute Gasteiger partial charge is 0.461 e. The number of thiophene rings is 1. The third kappa shape index (κ3) is 5.38. The summed E-state index contributed by atoms with van der Waals surface area (Å²) >= 11 is 1.77. The first-order valence-corrected chi connectivity index (χ1v) is 11.1. The van der Waals surface area contributed by atoms with Crippen molar-refractivity contribution in [1.82, 2.24) is 4.90 Å². The van der Waals surface area contributed by atoms with Crippen molar-refractivity contribution < 1.29 is 13.6 Å². The Labute approximate surface area is 197 Å². The molecule has 2 aromatic heterocycles. The molecule has 32 heavy (non-hydrogen) atoms. The summed E-state index contributed by atoms with van der Waals surface area (Å²) in [7, 11) is 2.12. The first-order valence-electron chi connectivity index (χ1n) is 10.2. The molecular weight excluding hydrogens is 447 g/mol. The lowest BCUT2D eigenvalue weighted by Crippen LogP contribution is -2.20. The molecular formula is C25H26ClFN2O2S. The molecule has 0 aliphatic carbocycles. The summed E-state index contributed by atoms with van der Waals surface area (Å²) in [6.45, 7) is 5.53. The molecule has 4 aromatic rings. The standard InChI is InChI=1S/C25H25FN2O2S.ClH/c1-16-13-18(26)6-8-21(16)25(29)27-19-7-9-24-23(14-19)22(17(2)30-24)10-11-28(3)15-20-5-4-12-31-20;/h4-9,12-14H,10-11,15H2,1-3H3,(H,27,29);1H. The van der Waals surface area contributed by atoms with Crippen LogP contribution in [-0.4, -0.2) is 24.4 Å². The van der Waals surface area contributed by atoms with Crippen molar-refractivity contribution in [3.63, 3.8) is 0 Å². The van der Waals surface area contributed by atoms with Gasteiger partial charge in [-0.15, -0.1) is 23.7 Å². The maximum Gasteiger partial charge on any atom is 0.255 e. The van der Waals surface area contributed by atoms with Crippen LogP contribution in [0.5, 0.6) is 0 Å². The topological polar surface area (TPSA) is 45.5 Å². The lowest BCUT2D eigenvalue weighted by atomic mass is 10.1. The highest BCUT2D eigenvalue weighted by Crippen LogP contribution is 2.29. The van der Waals surface area contributed by atoms with E-state index in [1.807, 2.05) is 25.1 Å². The molecule has 1 N–H and O–H groups in total. The number of carbonyl (C=O) groups is 1. The summed E-state index contributed by atoms with van der Waals surface area (Å²) in [5, 5.41) is 6.04. The number of likely N-dealkylation sites (N-methyl/N-ethyl adjacent to an activating group) is 1. The Bertz CT molecular complexity index is 1220. The van der Waals surface area contributed by atoms with Crippen molar-refractivity contribution in [2.24, 2.45) is 0 Å². The van der Waals surface area contributed by atoms with Crippen LogP contribution in [-0.2, 0) is 13.0 Å². The quantitative estimate of drug-likeness (QED) is 0.329. The number of hydrogen-bond acceptors (Lipinski definition) is 4. The van der Waals surface area contributed by atoms with Gasteiger partial charge in [0, 0.05) is 40.2 Å². The molecule has 2 heterocycles. The summed E-state index contributed by atoms with van der Waals surface area (Å²) in [6.07, 6.45) is 0.856.